The van der Waals surface area contributed by atoms with Crippen molar-refractivity contribution in [2.45, 2.75) is 50.4 Å². The van der Waals surface area contributed by atoms with E-state index in [1.165, 1.54) is 6.92 Å². The predicted octanol–water partition coefficient (Wildman–Crippen LogP) is 6.08. The Labute approximate surface area is 236 Å². The van der Waals surface area contributed by atoms with E-state index >= 15 is 0 Å². The maximum atomic E-state index is 14.7. The molecule has 40 heavy (non-hydrogen) atoms. The third-order valence-electron chi connectivity index (χ3n) is 7.13. The highest BCUT2D eigenvalue weighted by atomic mass is 31.2. The van der Waals surface area contributed by atoms with Gasteiger partial charge < -0.3 is 23.8 Å². The summed E-state index contributed by atoms with van der Waals surface area (Å²) in [4.78, 5) is 0. The summed E-state index contributed by atoms with van der Waals surface area (Å²) in [6.45, 7) is 2.46. The van der Waals surface area contributed by atoms with Crippen LogP contribution in [0.2, 0.25) is 0 Å². The van der Waals surface area contributed by atoms with Crippen LogP contribution < -0.4 is 5.30 Å². The zero-order valence-corrected chi connectivity index (χ0v) is 23.4. The van der Waals surface area contributed by atoms with Crippen LogP contribution in [-0.4, -0.2) is 35.4 Å². The minimum Gasteiger partial charge on any atom is -0.377 e. The second kappa shape index (κ2) is 13.0. The lowest BCUT2D eigenvalue weighted by Crippen LogP contribution is -2.60. The van der Waals surface area contributed by atoms with Gasteiger partial charge in [0.2, 0.25) is 0 Å². The fraction of sp³-hybridized carbons (Fsp3) is 0.273. The molecule has 5 rings (SSSR count). The van der Waals surface area contributed by atoms with Gasteiger partial charge in [-0.25, -0.2) is 0 Å². The van der Waals surface area contributed by atoms with Gasteiger partial charge >= 0.3 is 0 Å². The molecular formula is C33H35O6P. The Morgan fingerprint density at radius 1 is 0.700 bits per heavy atom. The van der Waals surface area contributed by atoms with Gasteiger partial charge in [0.15, 0.2) is 5.34 Å². The molecule has 208 valence electrons. The Morgan fingerprint density at radius 3 is 1.68 bits per heavy atom. The Hall–Kier alpha value is -3.09. The summed E-state index contributed by atoms with van der Waals surface area (Å²) in [5, 5.41) is 10.6. The van der Waals surface area contributed by atoms with E-state index in [0.29, 0.717) is 11.9 Å². The second-order valence-corrected chi connectivity index (χ2v) is 12.8. The molecule has 0 saturated carbocycles. The molecule has 1 heterocycles. The summed E-state index contributed by atoms with van der Waals surface area (Å²) in [5.41, 5.74) is 2.90. The highest BCUT2D eigenvalue weighted by Crippen LogP contribution is 2.63. The quantitative estimate of drug-likeness (QED) is 0.225. The molecule has 0 bridgehead atoms. The molecule has 1 saturated heterocycles. The van der Waals surface area contributed by atoms with Gasteiger partial charge in [0.05, 0.1) is 26.4 Å². The highest BCUT2D eigenvalue weighted by Gasteiger charge is 2.61. The van der Waals surface area contributed by atoms with Crippen molar-refractivity contribution in [2.75, 3.05) is 6.61 Å². The summed E-state index contributed by atoms with van der Waals surface area (Å²) in [7, 11) is -3.88. The maximum Gasteiger partial charge on any atom is 0.265 e. The minimum absolute atomic E-state index is 0.104. The lowest BCUT2D eigenvalue weighted by atomic mass is 10.0. The third-order valence-corrected chi connectivity index (χ3v) is 10.1. The Balaban J connectivity index is 1.47. The number of benzene rings is 4. The molecule has 0 radical (unpaired) electrons. The standard InChI is InChI=1S/C33H35O6P/c1-33(34)32(38-24-28-18-10-4-11-19-28)31(37-23-27-16-8-3-9-17-27)30(25-36-22-26-14-6-2-7-15-26)39-40(33,35)29-20-12-5-13-21-29/h2-21,30-32,34H,22-25H2,1H3. The molecule has 1 fully saturated rings. The Kier molecular flexibility index (Phi) is 9.28. The van der Waals surface area contributed by atoms with Gasteiger partial charge in [-0.1, -0.05) is 109 Å². The first-order valence-corrected chi connectivity index (χ1v) is 15.1. The first kappa shape index (κ1) is 28.4. The third kappa shape index (κ3) is 6.45. The zero-order valence-electron chi connectivity index (χ0n) is 22.5. The molecule has 7 heteroatoms. The fourth-order valence-corrected chi connectivity index (χ4v) is 7.49. The van der Waals surface area contributed by atoms with Crippen molar-refractivity contribution >= 4 is 12.7 Å². The Morgan fingerprint density at radius 2 is 1.15 bits per heavy atom. The van der Waals surface area contributed by atoms with E-state index < -0.39 is 31.0 Å². The topological polar surface area (TPSA) is 74.2 Å². The first-order chi connectivity index (χ1) is 19.5. The van der Waals surface area contributed by atoms with Crippen molar-refractivity contribution in [3.05, 3.63) is 138 Å². The van der Waals surface area contributed by atoms with Gasteiger partial charge in [-0.3, -0.25) is 4.57 Å². The summed E-state index contributed by atoms with van der Waals surface area (Å²) in [5.74, 6) is 0. The van der Waals surface area contributed by atoms with Crippen LogP contribution in [0.5, 0.6) is 0 Å². The summed E-state index contributed by atoms with van der Waals surface area (Å²) in [6, 6.07) is 38.1. The summed E-state index contributed by atoms with van der Waals surface area (Å²) >= 11 is 0. The number of hydrogen-bond donors (Lipinski definition) is 1. The molecule has 0 aromatic heterocycles. The van der Waals surface area contributed by atoms with E-state index in [9.17, 15) is 9.67 Å². The van der Waals surface area contributed by atoms with Crippen LogP contribution in [0.4, 0.5) is 0 Å². The molecule has 0 amide bonds. The molecule has 1 N–H and O–H groups in total. The molecular weight excluding hydrogens is 523 g/mol. The highest BCUT2D eigenvalue weighted by molar-refractivity contribution is 7.68. The molecule has 4 aromatic carbocycles. The van der Waals surface area contributed by atoms with Crippen LogP contribution in [0.25, 0.3) is 0 Å². The minimum atomic E-state index is -3.88. The number of ether oxygens (including phenoxy) is 3. The van der Waals surface area contributed by atoms with Gasteiger partial charge in [-0.05, 0) is 35.7 Å². The van der Waals surface area contributed by atoms with Crippen LogP contribution in [0.15, 0.2) is 121 Å². The lowest BCUT2D eigenvalue weighted by Gasteiger charge is -2.49. The average Bonchev–Trinajstić information content (AvgIpc) is 2.99. The normalized spacial score (nSPS) is 26.4. The van der Waals surface area contributed by atoms with Crippen molar-refractivity contribution in [1.82, 2.24) is 0 Å². The van der Waals surface area contributed by atoms with E-state index in [1.54, 1.807) is 24.3 Å². The van der Waals surface area contributed by atoms with E-state index in [0.717, 1.165) is 16.7 Å². The lowest BCUT2D eigenvalue weighted by molar-refractivity contribution is -0.197. The van der Waals surface area contributed by atoms with Crippen LogP contribution in [0.1, 0.15) is 23.6 Å². The van der Waals surface area contributed by atoms with E-state index in [4.69, 9.17) is 18.7 Å². The van der Waals surface area contributed by atoms with Crippen molar-refractivity contribution in [3.63, 3.8) is 0 Å². The molecule has 5 atom stereocenters. The SMILES string of the molecule is CC1(O)C(OCc2ccccc2)C(OCc2ccccc2)C(COCc2ccccc2)OP1(=O)c1ccccc1. The second-order valence-electron chi connectivity index (χ2n) is 10.1. The first-order valence-electron chi connectivity index (χ1n) is 13.5. The van der Waals surface area contributed by atoms with Crippen LogP contribution >= 0.6 is 7.37 Å². The molecule has 0 aliphatic carbocycles. The van der Waals surface area contributed by atoms with E-state index in [2.05, 4.69) is 0 Å². The number of aliphatic hydroxyl groups is 1. The van der Waals surface area contributed by atoms with Gasteiger partial charge in [-0.2, -0.15) is 0 Å². The number of rotatable bonds is 11. The molecule has 6 nitrogen and oxygen atoms in total. The fourth-order valence-electron chi connectivity index (χ4n) is 4.94. The van der Waals surface area contributed by atoms with Crippen LogP contribution in [0.3, 0.4) is 0 Å². The van der Waals surface area contributed by atoms with Crippen LogP contribution in [0, 0.1) is 0 Å². The van der Waals surface area contributed by atoms with Crippen molar-refractivity contribution in [3.8, 4) is 0 Å². The van der Waals surface area contributed by atoms with Crippen LogP contribution in [-0.2, 0) is 43.1 Å². The summed E-state index contributed by atoms with van der Waals surface area (Å²) < 4.78 is 40.0. The summed E-state index contributed by atoms with van der Waals surface area (Å²) in [6.07, 6.45) is -2.50. The van der Waals surface area contributed by atoms with Gasteiger partial charge in [-0.15, -0.1) is 0 Å². The zero-order chi connectivity index (χ0) is 27.8. The van der Waals surface area contributed by atoms with Gasteiger partial charge in [0, 0.05) is 5.30 Å². The van der Waals surface area contributed by atoms with E-state index in [-0.39, 0.29) is 19.8 Å². The van der Waals surface area contributed by atoms with E-state index in [1.807, 2.05) is 97.1 Å². The predicted molar refractivity (Wildman–Crippen MR) is 155 cm³/mol. The smallest absolute Gasteiger partial charge is 0.265 e. The largest absolute Gasteiger partial charge is 0.377 e. The van der Waals surface area contributed by atoms with Gasteiger partial charge in [0.1, 0.15) is 18.3 Å². The Bertz CT molecular complexity index is 1370. The monoisotopic (exact) mass is 558 g/mol. The number of hydrogen-bond acceptors (Lipinski definition) is 6. The van der Waals surface area contributed by atoms with Gasteiger partial charge in [0.25, 0.3) is 7.37 Å². The molecule has 5 unspecified atom stereocenters. The maximum absolute atomic E-state index is 14.7. The molecule has 1 aliphatic rings. The molecule has 0 spiro atoms. The molecule has 4 aromatic rings. The molecule has 1 aliphatic heterocycles. The van der Waals surface area contributed by atoms with Crippen molar-refractivity contribution in [1.29, 1.82) is 0 Å². The van der Waals surface area contributed by atoms with Crippen molar-refractivity contribution < 1.29 is 28.4 Å². The van der Waals surface area contributed by atoms with Crippen molar-refractivity contribution in [2.24, 2.45) is 0 Å². The average molecular weight is 559 g/mol.